The molecule has 0 spiro atoms. The average Bonchev–Trinajstić information content (AvgIpc) is 2.96. The lowest BCUT2D eigenvalue weighted by atomic mass is 9.96. The maximum atomic E-state index is 12.5. The fourth-order valence-electron chi connectivity index (χ4n) is 2.13. The smallest absolute Gasteiger partial charge is 0.270 e. The van der Waals surface area contributed by atoms with Crippen LogP contribution >= 0.6 is 11.3 Å². The van der Waals surface area contributed by atoms with E-state index in [9.17, 15) is 13.2 Å². The van der Waals surface area contributed by atoms with Crippen LogP contribution in [0.15, 0.2) is 34.7 Å². The second-order valence-electron chi connectivity index (χ2n) is 5.93. The van der Waals surface area contributed by atoms with Crippen molar-refractivity contribution in [3.05, 3.63) is 35.9 Å². The van der Waals surface area contributed by atoms with E-state index < -0.39 is 15.6 Å². The molecule has 0 bridgehead atoms. The van der Waals surface area contributed by atoms with Crippen LogP contribution in [0.3, 0.4) is 0 Å². The molecule has 9 heteroatoms. The van der Waals surface area contributed by atoms with Gasteiger partial charge in [-0.2, -0.15) is 0 Å². The molecule has 1 aromatic carbocycles. The number of carbonyl (C=O) groups is 1. The number of aromatic nitrogens is 2. The molecule has 7 nitrogen and oxygen atoms in total. The van der Waals surface area contributed by atoms with Crippen molar-refractivity contribution in [3.63, 3.8) is 0 Å². The Balaban J connectivity index is 2.11. The third kappa shape index (κ3) is 5.08. The molecule has 130 valence electrons. The number of benzene rings is 1. The molecule has 0 aliphatic carbocycles. The number of nitrogens with zero attached hydrogens (tertiary/aromatic N) is 2. The fourth-order valence-corrected chi connectivity index (χ4v) is 4.46. The van der Waals surface area contributed by atoms with E-state index in [2.05, 4.69) is 20.2 Å². The van der Waals surface area contributed by atoms with E-state index in [0.29, 0.717) is 6.42 Å². The predicted molar refractivity (Wildman–Crippen MR) is 93.4 cm³/mol. The van der Waals surface area contributed by atoms with Crippen molar-refractivity contribution in [2.24, 2.45) is 0 Å². The molecule has 0 radical (unpaired) electrons. The van der Waals surface area contributed by atoms with E-state index >= 15 is 0 Å². The number of carbonyl (C=O) groups excluding carboxylic acids is 1. The molecule has 2 rings (SSSR count). The zero-order valence-electron chi connectivity index (χ0n) is 13.7. The summed E-state index contributed by atoms with van der Waals surface area (Å²) in [4.78, 5) is 11.3. The number of hydrogen-bond acceptors (Lipinski definition) is 6. The van der Waals surface area contributed by atoms with Crippen molar-refractivity contribution < 1.29 is 13.2 Å². The van der Waals surface area contributed by atoms with Gasteiger partial charge in [0.25, 0.3) is 10.0 Å². The minimum absolute atomic E-state index is 0.170. The number of nitrogens with one attached hydrogen (secondary N) is 2. The van der Waals surface area contributed by atoms with Crippen molar-refractivity contribution in [3.8, 4) is 0 Å². The van der Waals surface area contributed by atoms with Gasteiger partial charge in [0.05, 0.1) is 0 Å². The number of rotatable bonds is 7. The van der Waals surface area contributed by atoms with Gasteiger partial charge in [-0.3, -0.25) is 4.79 Å². The summed E-state index contributed by atoms with van der Waals surface area (Å²) in [7, 11) is -3.82. The number of amides is 1. The van der Waals surface area contributed by atoms with Gasteiger partial charge in [-0.05, 0) is 25.8 Å². The fraction of sp³-hybridized carbons (Fsp3) is 0.400. The second-order valence-corrected chi connectivity index (χ2v) is 8.76. The zero-order chi connectivity index (χ0) is 17.8. The first-order chi connectivity index (χ1) is 11.2. The molecule has 1 heterocycles. The van der Waals surface area contributed by atoms with Gasteiger partial charge >= 0.3 is 0 Å². The zero-order valence-corrected chi connectivity index (χ0v) is 15.4. The molecule has 1 amide bonds. The van der Waals surface area contributed by atoms with Crippen molar-refractivity contribution in [2.75, 3.05) is 5.32 Å². The van der Waals surface area contributed by atoms with E-state index in [-0.39, 0.29) is 21.8 Å². The average molecular weight is 368 g/mol. The molecule has 1 aromatic heterocycles. The third-order valence-electron chi connectivity index (χ3n) is 3.10. The van der Waals surface area contributed by atoms with Gasteiger partial charge in [0.2, 0.25) is 15.4 Å². The Morgan fingerprint density at radius 2 is 1.88 bits per heavy atom. The highest BCUT2D eigenvalue weighted by Crippen LogP contribution is 2.22. The minimum atomic E-state index is -3.82. The summed E-state index contributed by atoms with van der Waals surface area (Å²) >= 11 is 0.826. The van der Waals surface area contributed by atoms with E-state index in [1.807, 2.05) is 30.3 Å². The first kappa shape index (κ1) is 18.5. The summed E-state index contributed by atoms with van der Waals surface area (Å²) in [6.45, 7) is 5.30. The summed E-state index contributed by atoms with van der Waals surface area (Å²) in [5, 5.41) is 10.0. The molecule has 2 N–H and O–H groups in total. The van der Waals surface area contributed by atoms with Gasteiger partial charge in [0.15, 0.2) is 0 Å². The Morgan fingerprint density at radius 3 is 2.50 bits per heavy atom. The number of hydrogen-bond donors (Lipinski definition) is 2. The quantitative estimate of drug-likeness (QED) is 0.730. The molecule has 2 aromatic rings. The van der Waals surface area contributed by atoms with Crippen molar-refractivity contribution in [1.29, 1.82) is 0 Å². The SMILES string of the molecule is CCC(=O)Nc1nnc(S(=O)(=O)NC(C)(C)Cc2ccccc2)s1. The van der Waals surface area contributed by atoms with Crippen molar-refractivity contribution >= 4 is 32.4 Å². The monoisotopic (exact) mass is 368 g/mol. The molecule has 0 fully saturated rings. The van der Waals surface area contributed by atoms with E-state index in [0.717, 1.165) is 16.9 Å². The van der Waals surface area contributed by atoms with Crippen LogP contribution in [0.5, 0.6) is 0 Å². The summed E-state index contributed by atoms with van der Waals surface area (Å²) < 4.78 is 27.5. The van der Waals surface area contributed by atoms with Crippen LogP contribution in [0.2, 0.25) is 0 Å². The minimum Gasteiger partial charge on any atom is -0.301 e. The van der Waals surface area contributed by atoms with Crippen LogP contribution in [-0.2, 0) is 21.2 Å². The number of sulfonamides is 1. The van der Waals surface area contributed by atoms with E-state index in [4.69, 9.17) is 0 Å². The first-order valence-corrected chi connectivity index (χ1v) is 9.73. The van der Waals surface area contributed by atoms with E-state index in [1.54, 1.807) is 20.8 Å². The largest absolute Gasteiger partial charge is 0.301 e. The summed E-state index contributed by atoms with van der Waals surface area (Å²) in [6, 6.07) is 9.62. The molecule has 0 aliphatic heterocycles. The van der Waals surface area contributed by atoms with Gasteiger partial charge in [0, 0.05) is 12.0 Å². The van der Waals surface area contributed by atoms with Crippen LogP contribution in [0.25, 0.3) is 0 Å². The number of anilines is 1. The molecular weight excluding hydrogens is 348 g/mol. The molecular formula is C15H20N4O3S2. The van der Waals surface area contributed by atoms with Crippen LogP contribution in [0, 0.1) is 0 Å². The summed E-state index contributed by atoms with van der Waals surface area (Å²) in [5.41, 5.74) is 0.331. The molecule has 0 aliphatic rings. The van der Waals surface area contributed by atoms with Crippen LogP contribution in [0.4, 0.5) is 5.13 Å². The lowest BCUT2D eigenvalue weighted by Gasteiger charge is -2.25. The Morgan fingerprint density at radius 1 is 1.21 bits per heavy atom. The molecule has 0 saturated heterocycles. The first-order valence-electron chi connectivity index (χ1n) is 7.43. The van der Waals surface area contributed by atoms with Gasteiger partial charge in [0.1, 0.15) is 0 Å². The lowest BCUT2D eigenvalue weighted by Crippen LogP contribution is -2.44. The lowest BCUT2D eigenvalue weighted by molar-refractivity contribution is -0.115. The van der Waals surface area contributed by atoms with Crippen LogP contribution in [-0.4, -0.2) is 30.1 Å². The van der Waals surface area contributed by atoms with Crippen molar-refractivity contribution in [1.82, 2.24) is 14.9 Å². The predicted octanol–water partition coefficient (Wildman–Crippen LogP) is 2.19. The summed E-state index contributed by atoms with van der Waals surface area (Å²) in [6.07, 6.45) is 0.815. The highest BCUT2D eigenvalue weighted by molar-refractivity contribution is 7.91. The summed E-state index contributed by atoms with van der Waals surface area (Å²) in [5.74, 6) is -0.243. The highest BCUT2D eigenvalue weighted by atomic mass is 32.2. The Hall–Kier alpha value is -1.84. The van der Waals surface area contributed by atoms with Gasteiger partial charge in [-0.25, -0.2) is 13.1 Å². The Bertz CT molecular complexity index is 801. The second kappa shape index (κ2) is 7.37. The highest BCUT2D eigenvalue weighted by Gasteiger charge is 2.29. The molecule has 0 atom stereocenters. The van der Waals surface area contributed by atoms with Crippen LogP contribution in [0.1, 0.15) is 32.8 Å². The topological polar surface area (TPSA) is 101 Å². The normalized spacial score (nSPS) is 12.1. The molecule has 0 saturated carbocycles. The van der Waals surface area contributed by atoms with E-state index in [1.165, 1.54) is 0 Å². The molecule has 24 heavy (non-hydrogen) atoms. The maximum absolute atomic E-state index is 12.5. The Kier molecular flexibility index (Phi) is 5.68. The van der Waals surface area contributed by atoms with Gasteiger partial charge in [-0.1, -0.05) is 48.6 Å². The Labute approximate surface area is 145 Å². The third-order valence-corrected chi connectivity index (χ3v) is 6.01. The van der Waals surface area contributed by atoms with Gasteiger partial charge in [-0.15, -0.1) is 10.2 Å². The maximum Gasteiger partial charge on any atom is 0.270 e. The van der Waals surface area contributed by atoms with Gasteiger partial charge < -0.3 is 5.32 Å². The standard InChI is InChI=1S/C15H20N4O3S2/c1-4-12(20)16-13-17-18-14(23-13)24(21,22)19-15(2,3)10-11-8-6-5-7-9-11/h5-9,19H,4,10H2,1-3H3,(H,16,17,20). The molecule has 0 unspecified atom stereocenters. The van der Waals surface area contributed by atoms with Crippen molar-refractivity contribution in [2.45, 2.75) is 43.5 Å². The van der Waals surface area contributed by atoms with Crippen LogP contribution < -0.4 is 10.0 Å².